The van der Waals surface area contributed by atoms with Crippen LogP contribution in [0, 0.1) is 5.92 Å². The zero-order valence-electron chi connectivity index (χ0n) is 37.0. The van der Waals surface area contributed by atoms with E-state index in [1.54, 1.807) is 0 Å². The molecule has 2 unspecified atom stereocenters. The van der Waals surface area contributed by atoms with E-state index in [1.165, 1.54) is 27.8 Å². The number of rotatable bonds is 10. The molecular formula is C62H45N5. The molecule has 11 rings (SSSR count). The molecule has 10 aromatic rings. The van der Waals surface area contributed by atoms with Crippen molar-refractivity contribution in [1.82, 2.24) is 19.9 Å². The van der Waals surface area contributed by atoms with Crippen molar-refractivity contribution >= 4 is 11.3 Å². The van der Waals surface area contributed by atoms with Gasteiger partial charge in [-0.1, -0.05) is 219 Å². The Bertz CT molecular complexity index is 3330. The minimum atomic E-state index is -0.0786. The zero-order valence-corrected chi connectivity index (χ0v) is 37.0. The average molecular weight is 860 g/mol. The first kappa shape index (κ1) is 41.1. The lowest BCUT2D eigenvalue weighted by Gasteiger charge is -2.30. The summed E-state index contributed by atoms with van der Waals surface area (Å²) in [6.07, 6.45) is 6.12. The fourth-order valence-electron chi connectivity index (χ4n) is 9.28. The van der Waals surface area contributed by atoms with Gasteiger partial charge in [0.05, 0.1) is 11.8 Å². The third-order valence-corrected chi connectivity index (χ3v) is 12.6. The largest absolute Gasteiger partial charge is 0.276 e. The van der Waals surface area contributed by atoms with Gasteiger partial charge in [0.25, 0.3) is 0 Å². The number of hydrogen-bond donors (Lipinski definition) is 0. The molecule has 2 atom stereocenters. The molecule has 0 radical (unpaired) electrons. The van der Waals surface area contributed by atoms with Gasteiger partial charge in [0, 0.05) is 40.6 Å². The highest BCUT2D eigenvalue weighted by molar-refractivity contribution is 6.14. The maximum Gasteiger partial charge on any atom is 0.164 e. The highest BCUT2D eigenvalue weighted by Crippen LogP contribution is 2.47. The summed E-state index contributed by atoms with van der Waals surface area (Å²) in [6, 6.07) is 78.4. The first-order valence-electron chi connectivity index (χ1n) is 22.8. The van der Waals surface area contributed by atoms with E-state index in [2.05, 4.69) is 176 Å². The van der Waals surface area contributed by atoms with Gasteiger partial charge >= 0.3 is 0 Å². The van der Waals surface area contributed by atoms with Gasteiger partial charge in [-0.3, -0.25) is 9.98 Å². The van der Waals surface area contributed by atoms with E-state index < -0.39 is 0 Å². The highest BCUT2D eigenvalue weighted by Gasteiger charge is 2.30. The fourth-order valence-corrected chi connectivity index (χ4v) is 9.28. The number of allylic oxidation sites excluding steroid dienone is 1. The Morgan fingerprint density at radius 3 is 1.48 bits per heavy atom. The average Bonchev–Trinajstić information content (AvgIpc) is 3.42. The summed E-state index contributed by atoms with van der Waals surface area (Å²) in [7, 11) is 0. The maximum absolute atomic E-state index is 5.50. The second-order valence-electron chi connectivity index (χ2n) is 16.8. The van der Waals surface area contributed by atoms with Gasteiger partial charge in [0.15, 0.2) is 17.5 Å². The zero-order chi connectivity index (χ0) is 44.9. The molecule has 3 heterocycles. The summed E-state index contributed by atoms with van der Waals surface area (Å²) in [6.45, 7) is 2.32. The first-order chi connectivity index (χ1) is 33.1. The molecule has 0 bridgehead atoms. The van der Waals surface area contributed by atoms with E-state index >= 15 is 0 Å². The third kappa shape index (κ3) is 8.43. The summed E-state index contributed by atoms with van der Waals surface area (Å²) in [5.74, 6) is 1.95. The predicted molar refractivity (Wildman–Crippen MR) is 275 cm³/mol. The van der Waals surface area contributed by atoms with Crippen LogP contribution in [0.1, 0.15) is 29.7 Å². The van der Waals surface area contributed by atoms with Gasteiger partial charge in [0.2, 0.25) is 0 Å². The molecule has 1 aliphatic rings. The second-order valence-corrected chi connectivity index (χ2v) is 16.8. The lowest BCUT2D eigenvalue weighted by Crippen LogP contribution is -2.18. The number of dihydropyridines is 1. The number of pyridine rings is 1. The van der Waals surface area contributed by atoms with Crippen LogP contribution in [0.4, 0.5) is 0 Å². The molecule has 0 spiro atoms. The molecule has 1 aliphatic heterocycles. The van der Waals surface area contributed by atoms with E-state index in [9.17, 15) is 0 Å². The molecule has 2 aromatic heterocycles. The minimum Gasteiger partial charge on any atom is -0.276 e. The molecule has 318 valence electrons. The smallest absolute Gasteiger partial charge is 0.164 e. The standard InChI is InChI=1S/C62H45N5/c1-42-56(40-57(64-59(42)46-21-8-3-9-22-46)45-36-34-44(35-37-45)43-19-6-2-7-20-43)54-31-15-14-30-53(54)55-33-17-32-52(58(55)51-29-18-38-63-41-51)49-27-16-28-50(39-49)62-66-60(47-23-10-4-11-24-47)65-61(67-62)48-25-12-5-13-26-48/h2-42,59H,1H3. The van der Waals surface area contributed by atoms with Gasteiger partial charge in [-0.25, -0.2) is 15.0 Å². The molecule has 5 nitrogen and oxygen atoms in total. The third-order valence-electron chi connectivity index (χ3n) is 12.6. The Balaban J connectivity index is 1.05. The van der Waals surface area contributed by atoms with Crippen molar-refractivity contribution in [3.63, 3.8) is 0 Å². The van der Waals surface area contributed by atoms with Crippen molar-refractivity contribution in [2.45, 2.75) is 13.0 Å². The van der Waals surface area contributed by atoms with Crippen LogP contribution < -0.4 is 0 Å². The Hall–Kier alpha value is -8.67. The molecule has 0 N–H and O–H groups in total. The molecule has 67 heavy (non-hydrogen) atoms. The number of aliphatic imine (C=N–C) groups is 1. The number of aromatic nitrogens is 4. The van der Waals surface area contributed by atoms with Crippen molar-refractivity contribution in [2.75, 3.05) is 0 Å². The van der Waals surface area contributed by atoms with Gasteiger partial charge < -0.3 is 0 Å². The second kappa shape index (κ2) is 18.4. The van der Waals surface area contributed by atoms with Crippen molar-refractivity contribution in [1.29, 1.82) is 0 Å². The van der Waals surface area contributed by atoms with E-state index in [0.717, 1.165) is 61.3 Å². The Kier molecular flexibility index (Phi) is 11.3. The molecule has 8 aromatic carbocycles. The molecule has 0 saturated heterocycles. The van der Waals surface area contributed by atoms with Crippen molar-refractivity contribution in [2.24, 2.45) is 10.9 Å². The Morgan fingerprint density at radius 2 is 0.836 bits per heavy atom. The van der Waals surface area contributed by atoms with Crippen LogP contribution >= 0.6 is 0 Å². The molecule has 0 aliphatic carbocycles. The summed E-state index contributed by atoms with van der Waals surface area (Å²) in [5.41, 5.74) is 17.3. The lowest BCUT2D eigenvalue weighted by atomic mass is 9.78. The number of hydrogen-bond acceptors (Lipinski definition) is 5. The summed E-state index contributed by atoms with van der Waals surface area (Å²) in [4.78, 5) is 25.3. The fraction of sp³-hybridized carbons (Fsp3) is 0.0484. The van der Waals surface area contributed by atoms with Crippen LogP contribution in [0.25, 0.3) is 84.2 Å². The molecule has 0 saturated carbocycles. The normalized spacial score (nSPS) is 14.5. The molecule has 0 fully saturated rings. The first-order valence-corrected chi connectivity index (χ1v) is 22.8. The molecular weight excluding hydrogens is 815 g/mol. The summed E-state index contributed by atoms with van der Waals surface area (Å²) < 4.78 is 0. The Morgan fingerprint density at radius 1 is 0.358 bits per heavy atom. The van der Waals surface area contributed by atoms with E-state index in [4.69, 9.17) is 19.9 Å². The van der Waals surface area contributed by atoms with Crippen molar-refractivity contribution < 1.29 is 0 Å². The number of nitrogens with zero attached hydrogens (tertiary/aromatic N) is 5. The van der Waals surface area contributed by atoms with E-state index in [-0.39, 0.29) is 12.0 Å². The van der Waals surface area contributed by atoms with Crippen LogP contribution in [-0.2, 0) is 0 Å². The van der Waals surface area contributed by atoms with Crippen LogP contribution in [0.3, 0.4) is 0 Å². The van der Waals surface area contributed by atoms with E-state index in [0.29, 0.717) is 17.5 Å². The SMILES string of the molecule is CC1C(c2ccccc2-c2cccc(-c3cccc(-c4nc(-c5ccccc5)nc(-c5ccccc5)n4)c3)c2-c2cccnc2)=CC(c2ccc(-c3ccccc3)cc2)=NC1c1ccccc1. The topological polar surface area (TPSA) is 63.9 Å². The predicted octanol–water partition coefficient (Wildman–Crippen LogP) is 15.2. The molecule has 0 amide bonds. The van der Waals surface area contributed by atoms with Crippen molar-refractivity contribution in [3.8, 4) is 78.7 Å². The van der Waals surface area contributed by atoms with Crippen LogP contribution in [0.2, 0.25) is 0 Å². The number of benzene rings is 8. The van der Waals surface area contributed by atoms with E-state index in [1.807, 2.05) is 79.1 Å². The summed E-state index contributed by atoms with van der Waals surface area (Å²) >= 11 is 0. The summed E-state index contributed by atoms with van der Waals surface area (Å²) in [5, 5.41) is 0. The monoisotopic (exact) mass is 859 g/mol. The van der Waals surface area contributed by atoms with Gasteiger partial charge in [0.1, 0.15) is 0 Å². The van der Waals surface area contributed by atoms with Gasteiger partial charge in [-0.05, 0) is 79.4 Å². The highest BCUT2D eigenvalue weighted by atomic mass is 15.0. The Labute approximate surface area is 391 Å². The quantitative estimate of drug-likeness (QED) is 0.137. The van der Waals surface area contributed by atoms with Crippen molar-refractivity contribution in [3.05, 3.63) is 260 Å². The maximum atomic E-state index is 5.50. The van der Waals surface area contributed by atoms with Crippen LogP contribution in [0.15, 0.2) is 248 Å². The van der Waals surface area contributed by atoms with Crippen LogP contribution in [0.5, 0.6) is 0 Å². The van der Waals surface area contributed by atoms with Crippen LogP contribution in [-0.4, -0.2) is 25.6 Å². The van der Waals surface area contributed by atoms with Gasteiger partial charge in [-0.2, -0.15) is 0 Å². The molecule has 5 heteroatoms. The van der Waals surface area contributed by atoms with Gasteiger partial charge in [-0.15, -0.1) is 0 Å². The lowest BCUT2D eigenvalue weighted by molar-refractivity contribution is 0.579. The minimum absolute atomic E-state index is 0.0786.